The molecule has 0 aromatic heterocycles. The van der Waals surface area contributed by atoms with Crippen molar-refractivity contribution in [2.45, 2.75) is 25.8 Å². The van der Waals surface area contributed by atoms with Crippen molar-refractivity contribution < 1.29 is 13.6 Å². The van der Waals surface area contributed by atoms with Gasteiger partial charge in [-0.25, -0.2) is 8.78 Å². The highest BCUT2D eigenvalue weighted by molar-refractivity contribution is 5.94. The van der Waals surface area contributed by atoms with E-state index in [4.69, 9.17) is 5.73 Å². The molecule has 0 saturated carbocycles. The van der Waals surface area contributed by atoms with Crippen LogP contribution in [0.15, 0.2) is 18.2 Å². The van der Waals surface area contributed by atoms with E-state index in [1.807, 2.05) is 6.92 Å². The Bertz CT molecular complexity index is 464. The number of piperidine rings is 1. The van der Waals surface area contributed by atoms with Gasteiger partial charge in [0.15, 0.2) is 0 Å². The largest absolute Gasteiger partial charge is 0.334 e. The van der Waals surface area contributed by atoms with Gasteiger partial charge < -0.3 is 10.6 Å². The highest BCUT2D eigenvalue weighted by Crippen LogP contribution is 2.24. The highest BCUT2D eigenvalue weighted by atomic mass is 35.5. The third-order valence-electron chi connectivity index (χ3n) is 3.73. The second kappa shape index (κ2) is 6.99. The number of hydrogen-bond donors (Lipinski definition) is 1. The zero-order chi connectivity index (χ0) is 14.0. The minimum atomic E-state index is -0.738. The minimum absolute atomic E-state index is 0. The summed E-state index contributed by atoms with van der Waals surface area (Å²) in [6.45, 7) is 3.00. The number of carbonyl (C=O) groups is 1. The van der Waals surface area contributed by atoms with Crippen molar-refractivity contribution >= 4 is 18.3 Å². The highest BCUT2D eigenvalue weighted by Gasteiger charge is 2.31. The number of hydrogen-bond acceptors (Lipinski definition) is 2. The van der Waals surface area contributed by atoms with Gasteiger partial charge in [0.2, 0.25) is 0 Å². The van der Waals surface area contributed by atoms with Gasteiger partial charge in [0.25, 0.3) is 5.91 Å². The Morgan fingerprint density at radius 2 is 1.95 bits per heavy atom. The molecule has 1 aromatic carbocycles. The van der Waals surface area contributed by atoms with E-state index in [0.717, 1.165) is 31.0 Å². The van der Waals surface area contributed by atoms with Crippen LogP contribution in [-0.4, -0.2) is 29.9 Å². The first kappa shape index (κ1) is 16.9. The Labute approximate surface area is 123 Å². The number of nitrogens with two attached hydrogens (primary N) is 1. The van der Waals surface area contributed by atoms with E-state index in [-0.39, 0.29) is 29.9 Å². The lowest BCUT2D eigenvalue weighted by molar-refractivity contribution is 0.0531. The van der Waals surface area contributed by atoms with Gasteiger partial charge in [0, 0.05) is 30.8 Å². The van der Waals surface area contributed by atoms with Crippen LogP contribution >= 0.6 is 12.4 Å². The van der Waals surface area contributed by atoms with Crippen LogP contribution in [-0.2, 0) is 0 Å². The lowest BCUT2D eigenvalue weighted by atomic mass is 9.90. The van der Waals surface area contributed by atoms with E-state index in [1.165, 1.54) is 0 Å². The van der Waals surface area contributed by atoms with Gasteiger partial charge in [-0.15, -0.1) is 12.4 Å². The number of benzene rings is 1. The molecule has 2 unspecified atom stereocenters. The van der Waals surface area contributed by atoms with Crippen molar-refractivity contribution in [2.24, 2.45) is 11.7 Å². The third kappa shape index (κ3) is 3.46. The maximum atomic E-state index is 13.2. The van der Waals surface area contributed by atoms with Crippen LogP contribution in [0.25, 0.3) is 0 Å². The first-order valence-electron chi connectivity index (χ1n) is 6.50. The first-order chi connectivity index (χ1) is 9.02. The van der Waals surface area contributed by atoms with Crippen LogP contribution in [0.2, 0.25) is 0 Å². The summed E-state index contributed by atoms with van der Waals surface area (Å²) < 4.78 is 26.4. The molecule has 6 heteroatoms. The maximum Gasteiger partial charge on any atom is 0.254 e. The minimum Gasteiger partial charge on any atom is -0.334 e. The number of amides is 1. The van der Waals surface area contributed by atoms with E-state index in [2.05, 4.69) is 0 Å². The van der Waals surface area contributed by atoms with Crippen LogP contribution in [0.3, 0.4) is 0 Å². The molecule has 2 atom stereocenters. The fourth-order valence-electron chi connectivity index (χ4n) is 2.70. The van der Waals surface area contributed by atoms with Crippen LogP contribution in [0, 0.1) is 17.6 Å². The topological polar surface area (TPSA) is 46.3 Å². The fourth-order valence-corrected chi connectivity index (χ4v) is 2.70. The lowest BCUT2D eigenvalue weighted by Crippen LogP contribution is -2.51. The molecule has 1 aromatic rings. The molecule has 0 bridgehead atoms. The molecule has 1 aliphatic rings. The molecule has 0 aliphatic carbocycles. The monoisotopic (exact) mass is 304 g/mol. The van der Waals surface area contributed by atoms with Gasteiger partial charge in [-0.3, -0.25) is 4.79 Å². The van der Waals surface area contributed by atoms with Crippen LogP contribution < -0.4 is 5.73 Å². The second-order valence-corrected chi connectivity index (χ2v) is 5.08. The molecule has 0 spiro atoms. The summed E-state index contributed by atoms with van der Waals surface area (Å²) in [4.78, 5) is 14.0. The number of nitrogens with zero attached hydrogens (tertiary/aromatic N) is 1. The quantitative estimate of drug-likeness (QED) is 0.913. The Hall–Kier alpha value is -1.20. The van der Waals surface area contributed by atoms with Crippen LogP contribution in [0.5, 0.6) is 0 Å². The molecule has 1 saturated heterocycles. The molecule has 112 valence electrons. The molecule has 1 heterocycles. The third-order valence-corrected chi connectivity index (χ3v) is 3.73. The molecule has 0 radical (unpaired) electrons. The normalized spacial score (nSPS) is 22.3. The molecule has 1 fully saturated rings. The molecule has 2 N–H and O–H groups in total. The average Bonchev–Trinajstić information content (AvgIpc) is 2.36. The Morgan fingerprint density at radius 3 is 2.50 bits per heavy atom. The molecular formula is C14H19ClF2N2O. The average molecular weight is 305 g/mol. The zero-order valence-electron chi connectivity index (χ0n) is 11.3. The molecule has 20 heavy (non-hydrogen) atoms. The molecule has 1 aliphatic heterocycles. The second-order valence-electron chi connectivity index (χ2n) is 5.08. The Morgan fingerprint density at radius 1 is 1.35 bits per heavy atom. The van der Waals surface area contributed by atoms with Gasteiger partial charge >= 0.3 is 0 Å². The summed E-state index contributed by atoms with van der Waals surface area (Å²) in [7, 11) is 0. The molecule has 1 amide bonds. The number of carbonyl (C=O) groups excluding carboxylic acids is 1. The van der Waals surface area contributed by atoms with Crippen molar-refractivity contribution in [3.05, 3.63) is 35.4 Å². The van der Waals surface area contributed by atoms with Gasteiger partial charge in [-0.2, -0.15) is 0 Å². The summed E-state index contributed by atoms with van der Waals surface area (Å²) >= 11 is 0. The van der Waals surface area contributed by atoms with Crippen molar-refractivity contribution in [2.75, 3.05) is 13.1 Å². The number of likely N-dealkylation sites (tertiary alicyclic amines) is 1. The van der Waals surface area contributed by atoms with Crippen molar-refractivity contribution in [3.8, 4) is 0 Å². The first-order valence-corrected chi connectivity index (χ1v) is 6.50. The maximum absolute atomic E-state index is 13.2. The predicted molar refractivity (Wildman–Crippen MR) is 75.9 cm³/mol. The standard InChI is InChI=1S/C14H18F2N2O.ClH/c1-9-3-2-4-18(13(9)8-17)14(19)10-5-11(15)7-12(16)6-10;/h5-7,9,13H,2-4,8,17H2,1H3;1H. The van der Waals surface area contributed by atoms with Crippen molar-refractivity contribution in [3.63, 3.8) is 0 Å². The smallest absolute Gasteiger partial charge is 0.254 e. The van der Waals surface area contributed by atoms with Crippen molar-refractivity contribution in [1.82, 2.24) is 4.90 Å². The summed E-state index contributed by atoms with van der Waals surface area (Å²) in [5.41, 5.74) is 5.76. The van der Waals surface area contributed by atoms with Gasteiger partial charge in [0.05, 0.1) is 0 Å². The summed E-state index contributed by atoms with van der Waals surface area (Å²) in [5, 5.41) is 0. The number of halogens is 3. The van der Waals surface area contributed by atoms with E-state index >= 15 is 0 Å². The molecular weight excluding hydrogens is 286 g/mol. The van der Waals surface area contributed by atoms with E-state index in [1.54, 1.807) is 4.90 Å². The van der Waals surface area contributed by atoms with Gasteiger partial charge in [-0.1, -0.05) is 6.92 Å². The fraction of sp³-hybridized carbons (Fsp3) is 0.500. The molecule has 2 rings (SSSR count). The van der Waals surface area contributed by atoms with Crippen LogP contribution in [0.1, 0.15) is 30.1 Å². The van der Waals surface area contributed by atoms with E-state index in [9.17, 15) is 13.6 Å². The molecule has 3 nitrogen and oxygen atoms in total. The van der Waals surface area contributed by atoms with Crippen LogP contribution in [0.4, 0.5) is 8.78 Å². The lowest BCUT2D eigenvalue weighted by Gasteiger charge is -2.39. The Kier molecular flexibility index (Phi) is 5.89. The van der Waals surface area contributed by atoms with Gasteiger partial charge in [-0.05, 0) is 30.9 Å². The van der Waals surface area contributed by atoms with E-state index in [0.29, 0.717) is 19.0 Å². The zero-order valence-corrected chi connectivity index (χ0v) is 12.1. The predicted octanol–water partition coefficient (Wildman–Crippen LogP) is 2.59. The SMILES string of the molecule is CC1CCCN(C(=O)c2cc(F)cc(F)c2)C1CN.Cl. The Balaban J connectivity index is 0.00000200. The van der Waals surface area contributed by atoms with Crippen molar-refractivity contribution in [1.29, 1.82) is 0 Å². The summed E-state index contributed by atoms with van der Waals surface area (Å²) in [5.74, 6) is -1.52. The summed E-state index contributed by atoms with van der Waals surface area (Å²) in [6, 6.07) is 2.83. The van der Waals surface area contributed by atoms with Gasteiger partial charge in [0.1, 0.15) is 11.6 Å². The summed E-state index contributed by atoms with van der Waals surface area (Å²) in [6.07, 6.45) is 1.91. The van der Waals surface area contributed by atoms with E-state index < -0.39 is 11.6 Å². The number of rotatable bonds is 2.